The van der Waals surface area contributed by atoms with Crippen LogP contribution >= 0.6 is 0 Å². The normalized spacial score (nSPS) is 15.2. The number of aryl methyl sites for hydroxylation is 1. The van der Waals surface area contributed by atoms with Gasteiger partial charge in [-0.25, -0.2) is 0 Å². The molecular formula is C17H19F3N2O3. The molecule has 0 bridgehead atoms. The van der Waals surface area contributed by atoms with Crippen molar-refractivity contribution in [1.29, 1.82) is 0 Å². The zero-order valence-corrected chi connectivity index (χ0v) is 13.8. The second-order valence-electron chi connectivity index (χ2n) is 5.96. The number of amides is 2. The number of Topliss-reactive ketones (excluding diaryl/α,β-unsaturated/α-hetero) is 1. The van der Waals surface area contributed by atoms with Crippen molar-refractivity contribution >= 4 is 17.6 Å². The number of carbonyl (C=O) groups is 3. The fourth-order valence-electron chi connectivity index (χ4n) is 2.60. The third kappa shape index (κ3) is 5.04. The Kier molecular flexibility index (Phi) is 5.81. The van der Waals surface area contributed by atoms with Gasteiger partial charge in [0.25, 0.3) is 0 Å². The smallest absolute Gasteiger partial charge is 0.339 e. The Morgan fingerprint density at radius 3 is 1.96 bits per heavy atom. The van der Waals surface area contributed by atoms with E-state index in [9.17, 15) is 27.6 Å². The SMILES string of the molecule is Cc1ccc(C(=O)CCC(=O)N2CCN(C(=O)C(F)(F)F)CC2)cc1. The minimum absolute atomic E-state index is 0.0000724. The van der Waals surface area contributed by atoms with Crippen LogP contribution in [0.25, 0.3) is 0 Å². The average Bonchev–Trinajstić information content (AvgIpc) is 2.58. The number of carbonyl (C=O) groups excluding carboxylic acids is 3. The molecule has 0 spiro atoms. The highest BCUT2D eigenvalue weighted by molar-refractivity contribution is 5.98. The van der Waals surface area contributed by atoms with E-state index in [1.165, 1.54) is 4.90 Å². The number of benzene rings is 1. The summed E-state index contributed by atoms with van der Waals surface area (Å²) in [6.07, 6.45) is -4.85. The van der Waals surface area contributed by atoms with Gasteiger partial charge in [0, 0.05) is 44.6 Å². The van der Waals surface area contributed by atoms with E-state index in [0.717, 1.165) is 5.56 Å². The molecule has 1 heterocycles. The first-order valence-electron chi connectivity index (χ1n) is 7.92. The summed E-state index contributed by atoms with van der Waals surface area (Å²) in [7, 11) is 0. The molecule has 1 saturated heterocycles. The topological polar surface area (TPSA) is 57.7 Å². The summed E-state index contributed by atoms with van der Waals surface area (Å²) < 4.78 is 37.1. The molecule has 2 amide bonds. The van der Waals surface area contributed by atoms with E-state index in [-0.39, 0.29) is 50.7 Å². The van der Waals surface area contributed by atoms with E-state index in [4.69, 9.17) is 0 Å². The number of rotatable bonds is 4. The van der Waals surface area contributed by atoms with Crippen LogP contribution in [0.5, 0.6) is 0 Å². The van der Waals surface area contributed by atoms with Gasteiger partial charge in [-0.3, -0.25) is 14.4 Å². The summed E-state index contributed by atoms with van der Waals surface area (Å²) in [6.45, 7) is 1.67. The largest absolute Gasteiger partial charge is 0.471 e. The van der Waals surface area contributed by atoms with Crippen LogP contribution in [0.4, 0.5) is 13.2 Å². The average molecular weight is 356 g/mol. The van der Waals surface area contributed by atoms with E-state index in [1.807, 2.05) is 19.1 Å². The van der Waals surface area contributed by atoms with Crippen LogP contribution in [0.3, 0.4) is 0 Å². The lowest BCUT2D eigenvalue weighted by Crippen LogP contribution is -2.53. The summed E-state index contributed by atoms with van der Waals surface area (Å²) in [5, 5.41) is 0. The zero-order valence-electron chi connectivity index (χ0n) is 13.8. The Labute approximate surface area is 143 Å². The standard InChI is InChI=1S/C17H19F3N2O3/c1-12-2-4-13(5-3-12)14(23)6-7-15(24)21-8-10-22(11-9-21)16(25)17(18,19)20/h2-5H,6-11H2,1H3. The molecule has 136 valence electrons. The van der Waals surface area contributed by atoms with Crippen LogP contribution in [-0.2, 0) is 9.59 Å². The highest BCUT2D eigenvalue weighted by Gasteiger charge is 2.43. The van der Waals surface area contributed by atoms with Gasteiger partial charge < -0.3 is 9.80 Å². The number of alkyl halides is 3. The minimum atomic E-state index is -4.90. The third-order valence-corrected chi connectivity index (χ3v) is 4.10. The van der Waals surface area contributed by atoms with E-state index >= 15 is 0 Å². The molecule has 8 heteroatoms. The van der Waals surface area contributed by atoms with Gasteiger partial charge in [-0.2, -0.15) is 13.2 Å². The monoisotopic (exact) mass is 356 g/mol. The second kappa shape index (κ2) is 7.67. The predicted molar refractivity (Wildman–Crippen MR) is 84.0 cm³/mol. The molecule has 1 aromatic rings. The molecule has 1 aliphatic heterocycles. The molecule has 1 aromatic carbocycles. The van der Waals surface area contributed by atoms with Crippen LogP contribution in [0.1, 0.15) is 28.8 Å². The van der Waals surface area contributed by atoms with Crippen LogP contribution in [-0.4, -0.2) is 59.8 Å². The highest BCUT2D eigenvalue weighted by Crippen LogP contribution is 2.19. The number of piperazine rings is 1. The number of ketones is 1. The lowest BCUT2D eigenvalue weighted by atomic mass is 10.0. The molecule has 0 radical (unpaired) electrons. The fraction of sp³-hybridized carbons (Fsp3) is 0.471. The molecule has 0 atom stereocenters. The number of hydrogen-bond donors (Lipinski definition) is 0. The molecule has 2 rings (SSSR count). The first-order chi connectivity index (χ1) is 11.7. The van der Waals surface area contributed by atoms with Gasteiger partial charge in [-0.15, -0.1) is 0 Å². The molecule has 1 fully saturated rings. The van der Waals surface area contributed by atoms with Crippen molar-refractivity contribution in [2.45, 2.75) is 25.9 Å². The Bertz CT molecular complexity index is 648. The Hall–Kier alpha value is -2.38. The van der Waals surface area contributed by atoms with E-state index in [0.29, 0.717) is 10.5 Å². The van der Waals surface area contributed by atoms with Crippen molar-refractivity contribution in [1.82, 2.24) is 9.80 Å². The summed E-state index contributed by atoms with van der Waals surface area (Å²) in [5.74, 6) is -2.33. The Balaban J connectivity index is 1.80. The highest BCUT2D eigenvalue weighted by atomic mass is 19.4. The predicted octanol–water partition coefficient (Wildman–Crippen LogP) is 2.19. The molecule has 0 saturated carbocycles. The van der Waals surface area contributed by atoms with Gasteiger partial charge in [0.2, 0.25) is 5.91 Å². The maximum Gasteiger partial charge on any atom is 0.471 e. The molecule has 0 aliphatic carbocycles. The van der Waals surface area contributed by atoms with Crippen molar-refractivity contribution in [3.05, 3.63) is 35.4 Å². The summed E-state index contributed by atoms with van der Waals surface area (Å²) >= 11 is 0. The quantitative estimate of drug-likeness (QED) is 0.777. The van der Waals surface area contributed by atoms with Crippen LogP contribution in [0.2, 0.25) is 0 Å². The summed E-state index contributed by atoms with van der Waals surface area (Å²) in [5.41, 5.74) is 1.55. The number of halogens is 3. The van der Waals surface area contributed by atoms with Crippen LogP contribution in [0.15, 0.2) is 24.3 Å². The zero-order chi connectivity index (χ0) is 18.6. The second-order valence-corrected chi connectivity index (χ2v) is 5.96. The van der Waals surface area contributed by atoms with E-state index < -0.39 is 12.1 Å². The first kappa shape index (κ1) is 19.0. The maximum absolute atomic E-state index is 12.4. The number of hydrogen-bond acceptors (Lipinski definition) is 3. The molecule has 0 unspecified atom stereocenters. The first-order valence-corrected chi connectivity index (χ1v) is 7.92. The Morgan fingerprint density at radius 1 is 0.920 bits per heavy atom. The van der Waals surface area contributed by atoms with E-state index in [1.54, 1.807) is 12.1 Å². The third-order valence-electron chi connectivity index (χ3n) is 4.10. The van der Waals surface area contributed by atoms with E-state index in [2.05, 4.69) is 0 Å². The lowest BCUT2D eigenvalue weighted by Gasteiger charge is -2.35. The van der Waals surface area contributed by atoms with Gasteiger partial charge in [0.15, 0.2) is 5.78 Å². The van der Waals surface area contributed by atoms with Crippen LogP contribution in [0, 0.1) is 6.92 Å². The van der Waals surface area contributed by atoms with Crippen molar-refractivity contribution < 1.29 is 27.6 Å². The molecule has 0 N–H and O–H groups in total. The lowest BCUT2D eigenvalue weighted by molar-refractivity contribution is -0.187. The Morgan fingerprint density at radius 2 is 1.44 bits per heavy atom. The molecular weight excluding hydrogens is 337 g/mol. The minimum Gasteiger partial charge on any atom is -0.339 e. The van der Waals surface area contributed by atoms with Gasteiger partial charge >= 0.3 is 12.1 Å². The fourth-order valence-corrected chi connectivity index (χ4v) is 2.60. The van der Waals surface area contributed by atoms with Gasteiger partial charge in [-0.05, 0) is 6.92 Å². The van der Waals surface area contributed by atoms with Gasteiger partial charge in [0.1, 0.15) is 0 Å². The summed E-state index contributed by atoms with van der Waals surface area (Å²) in [6, 6.07) is 7.02. The maximum atomic E-state index is 12.4. The van der Waals surface area contributed by atoms with Gasteiger partial charge in [0.05, 0.1) is 0 Å². The van der Waals surface area contributed by atoms with Crippen LogP contribution < -0.4 is 0 Å². The number of nitrogens with zero attached hydrogens (tertiary/aromatic N) is 2. The van der Waals surface area contributed by atoms with Crippen molar-refractivity contribution in [2.24, 2.45) is 0 Å². The summed E-state index contributed by atoms with van der Waals surface area (Å²) in [4.78, 5) is 37.4. The van der Waals surface area contributed by atoms with Crippen molar-refractivity contribution in [3.8, 4) is 0 Å². The van der Waals surface area contributed by atoms with Gasteiger partial charge in [-0.1, -0.05) is 29.8 Å². The molecule has 25 heavy (non-hydrogen) atoms. The van der Waals surface area contributed by atoms with Crippen molar-refractivity contribution in [3.63, 3.8) is 0 Å². The molecule has 1 aliphatic rings. The van der Waals surface area contributed by atoms with Crippen molar-refractivity contribution in [2.75, 3.05) is 26.2 Å². The molecule has 5 nitrogen and oxygen atoms in total. The molecule has 0 aromatic heterocycles.